The van der Waals surface area contributed by atoms with Gasteiger partial charge in [0.25, 0.3) is 11.8 Å². The van der Waals surface area contributed by atoms with E-state index in [9.17, 15) is 35.9 Å². The lowest BCUT2D eigenvalue weighted by Gasteiger charge is -2.17. The Hall–Kier alpha value is -4.06. The first kappa shape index (κ1) is 25.6. The summed E-state index contributed by atoms with van der Waals surface area (Å²) in [5.74, 6) is -6.93. The molecule has 0 spiro atoms. The van der Waals surface area contributed by atoms with E-state index in [1.165, 1.54) is 11.5 Å². The van der Waals surface area contributed by atoms with Crippen LogP contribution < -0.4 is 15.5 Å². The van der Waals surface area contributed by atoms with Crippen LogP contribution in [0.2, 0.25) is 0 Å². The van der Waals surface area contributed by atoms with Crippen molar-refractivity contribution in [3.05, 3.63) is 88.2 Å². The summed E-state index contributed by atoms with van der Waals surface area (Å²) in [4.78, 5) is 24.4. The van der Waals surface area contributed by atoms with E-state index in [1.54, 1.807) is 6.92 Å². The van der Waals surface area contributed by atoms with E-state index in [-0.39, 0.29) is 17.9 Å². The Bertz CT molecular complexity index is 1290. The fourth-order valence-electron chi connectivity index (χ4n) is 3.15. The molecule has 0 bridgehead atoms. The first-order valence-electron chi connectivity index (χ1n) is 9.87. The van der Waals surface area contributed by atoms with Crippen LogP contribution in [0.5, 0.6) is 11.5 Å². The molecule has 0 radical (unpaired) electrons. The lowest BCUT2D eigenvalue weighted by Crippen LogP contribution is -2.21. The van der Waals surface area contributed by atoms with Crippen molar-refractivity contribution in [2.75, 3.05) is 5.32 Å². The van der Waals surface area contributed by atoms with Crippen LogP contribution in [-0.4, -0.2) is 17.0 Å². The predicted molar refractivity (Wildman–Crippen MR) is 111 cm³/mol. The van der Waals surface area contributed by atoms with Crippen LogP contribution in [0.15, 0.2) is 48.5 Å². The molecule has 12 heteroatoms. The van der Waals surface area contributed by atoms with Gasteiger partial charge in [0, 0.05) is 5.69 Å². The smallest absolute Gasteiger partial charge is 0.419 e. The van der Waals surface area contributed by atoms with Gasteiger partial charge in [-0.05, 0) is 60.5 Å². The fraction of sp³-hybridized carbons (Fsp3) is 0.130. The Morgan fingerprint density at radius 1 is 0.943 bits per heavy atom. The number of anilines is 1. The zero-order valence-electron chi connectivity index (χ0n) is 17.8. The number of carbonyl (C=O) groups excluding carboxylic acids is 2. The summed E-state index contributed by atoms with van der Waals surface area (Å²) in [5.41, 5.74) is -2.39. The quantitative estimate of drug-likeness (QED) is 0.226. The summed E-state index contributed by atoms with van der Waals surface area (Å²) < 4.78 is 87.7. The summed E-state index contributed by atoms with van der Waals surface area (Å²) >= 11 is 0. The van der Waals surface area contributed by atoms with Gasteiger partial charge >= 0.3 is 6.18 Å². The average molecular weight is 498 g/mol. The molecular formula is C23H16F6N2O4. The minimum atomic E-state index is -5.15. The highest BCUT2D eigenvalue weighted by Crippen LogP contribution is 2.38. The molecule has 0 aliphatic carbocycles. The van der Waals surface area contributed by atoms with Gasteiger partial charge < -0.3 is 10.1 Å². The van der Waals surface area contributed by atoms with Crippen LogP contribution in [0.3, 0.4) is 0 Å². The van der Waals surface area contributed by atoms with E-state index >= 15 is 0 Å². The number of benzene rings is 3. The SMILES string of the molecule is CCc1cc(F)ccc1Oc1ccc(C(F)(F)F)c(F)c1C(=O)Nc1ccc(F)c(C(=O)NO)c1. The molecule has 0 aliphatic heterocycles. The second kappa shape index (κ2) is 10.1. The van der Waals surface area contributed by atoms with Gasteiger partial charge in [-0.2, -0.15) is 13.2 Å². The summed E-state index contributed by atoms with van der Waals surface area (Å²) in [6.07, 6.45) is -4.90. The number of hydroxylamine groups is 1. The van der Waals surface area contributed by atoms with E-state index < -0.39 is 57.9 Å². The van der Waals surface area contributed by atoms with Gasteiger partial charge in [0.2, 0.25) is 0 Å². The molecule has 2 amide bonds. The number of aryl methyl sites for hydroxylation is 1. The molecule has 3 aromatic rings. The molecule has 184 valence electrons. The van der Waals surface area contributed by atoms with Crippen molar-refractivity contribution < 1.29 is 45.9 Å². The standard InChI is InChI=1S/C23H16F6N2O4/c1-2-11-9-12(24)3-7-17(11)35-18-8-5-15(23(27,28)29)20(26)19(18)22(33)30-13-4-6-16(25)14(10-13)21(32)31-34/h3-10,34H,2H2,1H3,(H,30,33)(H,31,32). The van der Waals surface area contributed by atoms with Gasteiger partial charge in [0.1, 0.15) is 28.7 Å². The third-order valence-corrected chi connectivity index (χ3v) is 4.83. The maximum atomic E-state index is 15.0. The maximum absolute atomic E-state index is 15.0. The number of nitrogens with one attached hydrogen (secondary N) is 2. The Labute approximate surface area is 194 Å². The lowest BCUT2D eigenvalue weighted by molar-refractivity contribution is -0.140. The molecule has 3 rings (SSSR count). The largest absolute Gasteiger partial charge is 0.456 e. The van der Waals surface area contributed by atoms with Crippen molar-refractivity contribution in [2.45, 2.75) is 19.5 Å². The Morgan fingerprint density at radius 2 is 1.63 bits per heavy atom. The summed E-state index contributed by atoms with van der Waals surface area (Å²) in [5, 5.41) is 10.8. The van der Waals surface area contributed by atoms with Crippen LogP contribution in [0.4, 0.5) is 32.0 Å². The molecule has 0 unspecified atom stereocenters. The van der Waals surface area contributed by atoms with Crippen LogP contribution in [0, 0.1) is 17.5 Å². The third-order valence-electron chi connectivity index (χ3n) is 4.83. The molecule has 0 aromatic heterocycles. The molecule has 0 heterocycles. The molecule has 0 saturated heterocycles. The number of hydrogen-bond acceptors (Lipinski definition) is 4. The Morgan fingerprint density at radius 3 is 2.26 bits per heavy atom. The summed E-state index contributed by atoms with van der Waals surface area (Å²) in [6.45, 7) is 1.65. The van der Waals surface area contributed by atoms with Gasteiger partial charge in [0.05, 0.1) is 11.1 Å². The van der Waals surface area contributed by atoms with Crippen molar-refractivity contribution in [2.24, 2.45) is 0 Å². The summed E-state index contributed by atoms with van der Waals surface area (Å²) in [6, 6.07) is 6.90. The maximum Gasteiger partial charge on any atom is 0.419 e. The third kappa shape index (κ3) is 5.54. The van der Waals surface area contributed by atoms with Gasteiger partial charge in [0.15, 0.2) is 5.82 Å². The predicted octanol–water partition coefficient (Wildman–Crippen LogP) is 5.85. The molecular weight excluding hydrogens is 482 g/mol. The highest BCUT2D eigenvalue weighted by atomic mass is 19.4. The molecule has 3 N–H and O–H groups in total. The summed E-state index contributed by atoms with van der Waals surface area (Å²) in [7, 11) is 0. The zero-order chi connectivity index (χ0) is 25.9. The van der Waals surface area contributed by atoms with E-state index in [2.05, 4.69) is 5.32 Å². The first-order valence-corrected chi connectivity index (χ1v) is 9.87. The highest BCUT2D eigenvalue weighted by molar-refractivity contribution is 6.07. The number of alkyl halides is 3. The van der Waals surface area contributed by atoms with Crippen molar-refractivity contribution in [1.82, 2.24) is 5.48 Å². The van der Waals surface area contributed by atoms with Crippen molar-refractivity contribution >= 4 is 17.5 Å². The zero-order valence-corrected chi connectivity index (χ0v) is 17.8. The van der Waals surface area contributed by atoms with Crippen LogP contribution in [0.1, 0.15) is 38.8 Å². The van der Waals surface area contributed by atoms with Gasteiger partial charge in [-0.1, -0.05) is 6.92 Å². The minimum absolute atomic E-state index is 0.0224. The molecule has 0 saturated carbocycles. The molecule has 0 aliphatic rings. The van der Waals surface area contributed by atoms with Crippen LogP contribution >= 0.6 is 0 Å². The molecule has 6 nitrogen and oxygen atoms in total. The van der Waals surface area contributed by atoms with Gasteiger partial charge in [-0.3, -0.25) is 14.8 Å². The average Bonchev–Trinajstić information content (AvgIpc) is 2.80. The second-order valence-electron chi connectivity index (χ2n) is 7.10. The Kier molecular flexibility index (Phi) is 7.34. The van der Waals surface area contributed by atoms with Crippen molar-refractivity contribution in [3.63, 3.8) is 0 Å². The monoisotopic (exact) mass is 498 g/mol. The Balaban J connectivity index is 2.08. The van der Waals surface area contributed by atoms with Gasteiger partial charge in [-0.25, -0.2) is 18.7 Å². The van der Waals surface area contributed by atoms with E-state index in [4.69, 9.17) is 9.94 Å². The lowest BCUT2D eigenvalue weighted by atomic mass is 10.1. The number of hydrogen-bond donors (Lipinski definition) is 3. The number of halogens is 6. The second-order valence-corrected chi connectivity index (χ2v) is 7.10. The highest BCUT2D eigenvalue weighted by Gasteiger charge is 2.37. The number of amides is 2. The first-order chi connectivity index (χ1) is 16.5. The van der Waals surface area contributed by atoms with E-state index in [1.807, 2.05) is 0 Å². The van der Waals surface area contributed by atoms with Gasteiger partial charge in [-0.15, -0.1) is 0 Å². The normalized spacial score (nSPS) is 11.2. The minimum Gasteiger partial charge on any atom is -0.456 e. The molecule has 3 aromatic carbocycles. The van der Waals surface area contributed by atoms with Crippen molar-refractivity contribution in [3.8, 4) is 11.5 Å². The number of ether oxygens (including phenoxy) is 1. The van der Waals surface area contributed by atoms with Crippen LogP contribution in [0.25, 0.3) is 0 Å². The van der Waals surface area contributed by atoms with Crippen LogP contribution in [-0.2, 0) is 12.6 Å². The van der Waals surface area contributed by atoms with E-state index in [0.717, 1.165) is 36.4 Å². The fourth-order valence-corrected chi connectivity index (χ4v) is 3.15. The van der Waals surface area contributed by atoms with Crippen molar-refractivity contribution in [1.29, 1.82) is 0 Å². The molecule has 0 atom stereocenters. The topological polar surface area (TPSA) is 87.7 Å². The molecule has 0 fully saturated rings. The molecule has 35 heavy (non-hydrogen) atoms. The number of carbonyl (C=O) groups is 2. The van der Waals surface area contributed by atoms with E-state index in [0.29, 0.717) is 11.6 Å². The number of rotatable bonds is 6.